The topological polar surface area (TPSA) is 58.6 Å². The van der Waals surface area contributed by atoms with Crippen LogP contribution in [0.4, 0.5) is 11.4 Å². The summed E-state index contributed by atoms with van der Waals surface area (Å²) in [4.78, 5) is 26.1. The number of nitrogens with zero attached hydrogens (tertiary/aromatic N) is 1. The van der Waals surface area contributed by atoms with Crippen molar-refractivity contribution in [1.82, 2.24) is 0 Å². The number of anilines is 2. The number of rotatable bonds is 2. The minimum absolute atomic E-state index is 0.0434. The summed E-state index contributed by atoms with van der Waals surface area (Å²) in [5, 5.41) is 2.88. The average Bonchev–Trinajstić information content (AvgIpc) is 2.60. The quantitative estimate of drug-likeness (QED) is 0.889. The highest BCUT2D eigenvalue weighted by Crippen LogP contribution is 2.35. The van der Waals surface area contributed by atoms with Crippen LogP contribution in [0.2, 0.25) is 0 Å². The Bertz CT molecular complexity index is 851. The van der Waals surface area contributed by atoms with Crippen LogP contribution in [0, 0.1) is 0 Å². The maximum atomic E-state index is 12.5. The fraction of sp³-hybridized carbons (Fsp3) is 0.333. The molecule has 0 aliphatic carbocycles. The standard InChI is InChI=1S/C21H24N2O3/c1-13-20(25)23(5)17-12-16(10-11-18(17)26-13)22-19(24)14-6-8-15(9-7-14)21(2,3)4/h6-13H,1-5H3,(H,22,24). The van der Waals surface area contributed by atoms with Crippen molar-refractivity contribution in [3.63, 3.8) is 0 Å². The van der Waals surface area contributed by atoms with Gasteiger partial charge in [0.05, 0.1) is 5.69 Å². The number of carbonyl (C=O) groups is 2. The lowest BCUT2D eigenvalue weighted by atomic mass is 9.87. The molecule has 0 radical (unpaired) electrons. The first-order valence-corrected chi connectivity index (χ1v) is 8.67. The van der Waals surface area contributed by atoms with E-state index in [1.54, 1.807) is 37.1 Å². The van der Waals surface area contributed by atoms with E-state index in [2.05, 4.69) is 26.1 Å². The Morgan fingerprint density at radius 1 is 1.12 bits per heavy atom. The van der Waals surface area contributed by atoms with Gasteiger partial charge in [-0.15, -0.1) is 0 Å². The molecule has 5 nitrogen and oxygen atoms in total. The number of hydrogen-bond acceptors (Lipinski definition) is 3. The molecule has 1 unspecified atom stereocenters. The van der Waals surface area contributed by atoms with Crippen LogP contribution in [-0.2, 0) is 10.2 Å². The molecule has 1 aliphatic rings. The molecule has 1 aliphatic heterocycles. The van der Waals surface area contributed by atoms with Crippen molar-refractivity contribution in [3.8, 4) is 5.75 Å². The second-order valence-electron chi connectivity index (χ2n) is 7.62. The first kappa shape index (κ1) is 18.0. The van der Waals surface area contributed by atoms with E-state index in [-0.39, 0.29) is 17.2 Å². The molecule has 136 valence electrons. The molecule has 0 aromatic heterocycles. The summed E-state index contributed by atoms with van der Waals surface area (Å²) >= 11 is 0. The van der Waals surface area contributed by atoms with E-state index < -0.39 is 6.10 Å². The third kappa shape index (κ3) is 3.43. The lowest BCUT2D eigenvalue weighted by Crippen LogP contribution is -2.41. The first-order chi connectivity index (χ1) is 12.2. The van der Waals surface area contributed by atoms with Crippen LogP contribution in [0.3, 0.4) is 0 Å². The second kappa shape index (κ2) is 6.48. The average molecular weight is 352 g/mol. The Morgan fingerprint density at radius 2 is 1.77 bits per heavy atom. The Hall–Kier alpha value is -2.82. The molecule has 0 saturated heterocycles. The largest absolute Gasteiger partial charge is 0.479 e. The first-order valence-electron chi connectivity index (χ1n) is 8.67. The van der Waals surface area contributed by atoms with Gasteiger partial charge < -0.3 is 15.0 Å². The van der Waals surface area contributed by atoms with Gasteiger partial charge in [-0.05, 0) is 48.2 Å². The van der Waals surface area contributed by atoms with Crippen LogP contribution in [0.1, 0.15) is 43.6 Å². The zero-order valence-corrected chi connectivity index (χ0v) is 15.8. The smallest absolute Gasteiger partial charge is 0.267 e. The molecule has 2 aromatic carbocycles. The van der Waals surface area contributed by atoms with Crippen molar-refractivity contribution in [2.75, 3.05) is 17.3 Å². The number of benzene rings is 2. The number of ether oxygens (including phenoxy) is 1. The Kier molecular flexibility index (Phi) is 4.48. The Morgan fingerprint density at radius 3 is 2.38 bits per heavy atom. The molecule has 5 heteroatoms. The molecule has 26 heavy (non-hydrogen) atoms. The van der Waals surface area contributed by atoms with Crippen LogP contribution in [0.25, 0.3) is 0 Å². The third-order valence-corrected chi connectivity index (χ3v) is 4.57. The van der Waals surface area contributed by atoms with Gasteiger partial charge in [0.15, 0.2) is 6.10 Å². The molecule has 1 N–H and O–H groups in total. The number of fused-ring (bicyclic) bond motifs is 1. The van der Waals surface area contributed by atoms with Crippen LogP contribution in [0.15, 0.2) is 42.5 Å². The zero-order valence-electron chi connectivity index (χ0n) is 15.8. The molecule has 1 atom stereocenters. The van der Waals surface area contributed by atoms with E-state index in [9.17, 15) is 9.59 Å². The van der Waals surface area contributed by atoms with Gasteiger partial charge in [0, 0.05) is 18.3 Å². The summed E-state index contributed by atoms with van der Waals surface area (Å²) in [6, 6.07) is 12.9. The summed E-state index contributed by atoms with van der Waals surface area (Å²) in [5.74, 6) is 0.329. The second-order valence-corrected chi connectivity index (χ2v) is 7.62. The Labute approximate surface area is 154 Å². The van der Waals surface area contributed by atoms with Gasteiger partial charge in [-0.1, -0.05) is 32.9 Å². The summed E-state index contributed by atoms with van der Waals surface area (Å²) < 4.78 is 5.60. The van der Waals surface area contributed by atoms with Gasteiger partial charge in [-0.3, -0.25) is 9.59 Å². The van der Waals surface area contributed by atoms with E-state index in [0.29, 0.717) is 22.7 Å². The van der Waals surface area contributed by atoms with Crippen molar-refractivity contribution < 1.29 is 14.3 Å². The maximum absolute atomic E-state index is 12.5. The van der Waals surface area contributed by atoms with Crippen molar-refractivity contribution >= 4 is 23.2 Å². The normalized spacial score (nSPS) is 16.7. The van der Waals surface area contributed by atoms with Gasteiger partial charge in [0.25, 0.3) is 11.8 Å². The molecule has 3 rings (SSSR count). The lowest BCUT2D eigenvalue weighted by Gasteiger charge is -2.30. The van der Waals surface area contributed by atoms with E-state index in [1.807, 2.05) is 24.3 Å². The number of likely N-dealkylation sites (N-methyl/N-ethyl adjacent to an activating group) is 1. The minimum atomic E-state index is -0.505. The van der Waals surface area contributed by atoms with E-state index in [4.69, 9.17) is 4.74 Å². The molecule has 0 fully saturated rings. The Balaban J connectivity index is 1.79. The predicted octanol–water partition coefficient (Wildman–Crippen LogP) is 3.98. The van der Waals surface area contributed by atoms with Crippen molar-refractivity contribution in [1.29, 1.82) is 0 Å². The lowest BCUT2D eigenvalue weighted by molar-refractivity contribution is -0.125. The van der Waals surface area contributed by atoms with Gasteiger partial charge >= 0.3 is 0 Å². The molecule has 0 spiro atoms. The monoisotopic (exact) mass is 352 g/mol. The molecule has 0 saturated carbocycles. The van der Waals surface area contributed by atoms with Gasteiger partial charge in [0.1, 0.15) is 5.75 Å². The summed E-state index contributed by atoms with van der Waals surface area (Å²) in [5.41, 5.74) is 3.07. The van der Waals surface area contributed by atoms with Crippen LogP contribution in [0.5, 0.6) is 5.75 Å². The fourth-order valence-corrected chi connectivity index (χ4v) is 2.91. The predicted molar refractivity (Wildman–Crippen MR) is 103 cm³/mol. The SMILES string of the molecule is CC1Oc2ccc(NC(=O)c3ccc(C(C)(C)C)cc3)cc2N(C)C1=O. The van der Waals surface area contributed by atoms with Crippen molar-refractivity contribution in [2.24, 2.45) is 0 Å². The highest BCUT2D eigenvalue weighted by atomic mass is 16.5. The maximum Gasteiger partial charge on any atom is 0.267 e. The molecular formula is C21H24N2O3. The van der Waals surface area contributed by atoms with Crippen LogP contribution >= 0.6 is 0 Å². The number of carbonyl (C=O) groups excluding carboxylic acids is 2. The summed E-state index contributed by atoms with van der Waals surface area (Å²) in [6.07, 6.45) is -0.505. The third-order valence-electron chi connectivity index (χ3n) is 4.57. The highest BCUT2D eigenvalue weighted by molar-refractivity contribution is 6.05. The van der Waals surface area contributed by atoms with E-state index >= 15 is 0 Å². The minimum Gasteiger partial charge on any atom is -0.479 e. The van der Waals surface area contributed by atoms with Crippen LogP contribution < -0.4 is 15.0 Å². The highest BCUT2D eigenvalue weighted by Gasteiger charge is 2.29. The molecule has 2 aromatic rings. The summed E-state index contributed by atoms with van der Waals surface area (Å²) in [7, 11) is 1.71. The molecule has 1 heterocycles. The zero-order chi connectivity index (χ0) is 19.1. The van der Waals surface area contributed by atoms with Gasteiger partial charge in [-0.25, -0.2) is 0 Å². The molecular weight excluding hydrogens is 328 g/mol. The van der Waals surface area contributed by atoms with Crippen molar-refractivity contribution in [3.05, 3.63) is 53.6 Å². The van der Waals surface area contributed by atoms with Gasteiger partial charge in [-0.2, -0.15) is 0 Å². The van der Waals surface area contributed by atoms with Gasteiger partial charge in [0.2, 0.25) is 0 Å². The van der Waals surface area contributed by atoms with E-state index in [0.717, 1.165) is 0 Å². The fourth-order valence-electron chi connectivity index (χ4n) is 2.91. The number of nitrogens with one attached hydrogen (secondary N) is 1. The molecule has 2 amide bonds. The summed E-state index contributed by atoms with van der Waals surface area (Å²) in [6.45, 7) is 8.13. The van der Waals surface area contributed by atoms with Crippen molar-refractivity contribution in [2.45, 2.75) is 39.2 Å². The van der Waals surface area contributed by atoms with Crippen LogP contribution in [-0.4, -0.2) is 25.0 Å². The number of amides is 2. The molecule has 0 bridgehead atoms. The number of hydrogen-bond donors (Lipinski definition) is 1. The van der Waals surface area contributed by atoms with E-state index in [1.165, 1.54) is 5.56 Å².